The Morgan fingerprint density at radius 1 is 0.684 bits per heavy atom. The number of aromatic nitrogens is 1. The third-order valence-electron chi connectivity index (χ3n) is 7.39. The minimum absolute atomic E-state index is 0.0436. The molecule has 0 atom stereocenters. The highest BCUT2D eigenvalue weighted by Crippen LogP contribution is 2.31. The minimum Gasteiger partial charge on any atom is -0.488 e. The molecule has 0 saturated heterocycles. The number of hydrogen-bond acceptors (Lipinski definition) is 2. The topological polar surface area (TPSA) is 31.2 Å². The Bertz CT molecular complexity index is 1150. The first-order valence-electron chi connectivity index (χ1n) is 15.3. The lowest BCUT2D eigenvalue weighted by Crippen LogP contribution is -2.15. The van der Waals surface area contributed by atoms with Crippen LogP contribution in [0.2, 0.25) is 0 Å². The molecule has 0 saturated carbocycles. The van der Waals surface area contributed by atoms with Gasteiger partial charge in [0, 0.05) is 17.1 Å². The molecule has 38 heavy (non-hydrogen) atoms. The Balaban J connectivity index is 1.50. The van der Waals surface area contributed by atoms with Crippen molar-refractivity contribution in [2.75, 3.05) is 6.61 Å². The summed E-state index contributed by atoms with van der Waals surface area (Å²) in [7, 11) is 0. The molecule has 2 aromatic carbocycles. The monoisotopic (exact) mass is 515 g/mol. The average Bonchev–Trinajstić information content (AvgIpc) is 2.95. The molecule has 0 aliphatic carbocycles. The highest BCUT2D eigenvalue weighted by atomic mass is 16.5. The first-order chi connectivity index (χ1) is 18.8. The predicted octanol–water partition coefficient (Wildman–Crippen LogP) is 10.4. The van der Waals surface area contributed by atoms with Gasteiger partial charge < -0.3 is 9.30 Å². The summed E-state index contributed by atoms with van der Waals surface area (Å²) in [5.74, 6) is 0.429. The molecule has 0 aliphatic heterocycles. The van der Waals surface area contributed by atoms with Crippen molar-refractivity contribution in [3.05, 3.63) is 70.9 Å². The second-order valence-electron chi connectivity index (χ2n) is 10.5. The van der Waals surface area contributed by atoms with Gasteiger partial charge in [-0.05, 0) is 31.9 Å². The Labute approximate surface area is 230 Å². The lowest BCUT2D eigenvalue weighted by Gasteiger charge is -2.18. The molecule has 0 fully saturated rings. The largest absolute Gasteiger partial charge is 0.488 e. The first-order valence-corrected chi connectivity index (χ1v) is 15.3. The molecule has 206 valence electrons. The van der Waals surface area contributed by atoms with Gasteiger partial charge in [0.25, 0.3) is 0 Å². The Morgan fingerprint density at radius 3 is 1.84 bits per heavy atom. The summed E-state index contributed by atoms with van der Waals surface area (Å²) in [6.45, 7) is 4.67. The summed E-state index contributed by atoms with van der Waals surface area (Å²) >= 11 is 0. The van der Waals surface area contributed by atoms with Crippen LogP contribution in [0.1, 0.15) is 110 Å². The second-order valence-corrected chi connectivity index (χ2v) is 10.5. The van der Waals surface area contributed by atoms with Crippen molar-refractivity contribution in [1.29, 1.82) is 0 Å². The van der Waals surface area contributed by atoms with Crippen LogP contribution in [0.15, 0.2) is 65.5 Å². The summed E-state index contributed by atoms with van der Waals surface area (Å²) in [6, 6.07) is 17.9. The van der Waals surface area contributed by atoms with Gasteiger partial charge in [-0.25, -0.2) is 0 Å². The Hall–Kier alpha value is -2.81. The van der Waals surface area contributed by atoms with Crippen molar-refractivity contribution in [3.8, 4) is 17.0 Å². The minimum atomic E-state index is -0.0436. The van der Waals surface area contributed by atoms with Crippen molar-refractivity contribution in [2.45, 2.75) is 110 Å². The SMILES string of the molecule is CCCCCCCCCCCCCCCCC=Cn1c(-c2ccccc2)c(OCC)c(=O)c2ccccc21. The molecule has 3 aromatic rings. The quantitative estimate of drug-likeness (QED) is 0.149. The van der Waals surface area contributed by atoms with E-state index in [2.05, 4.69) is 23.8 Å². The van der Waals surface area contributed by atoms with Crippen LogP contribution in [-0.4, -0.2) is 11.2 Å². The summed E-state index contributed by atoms with van der Waals surface area (Å²) in [6.07, 6.45) is 24.7. The second kappa shape index (κ2) is 17.7. The number of nitrogens with zero attached hydrogens (tertiary/aromatic N) is 1. The van der Waals surface area contributed by atoms with Gasteiger partial charge in [0.2, 0.25) is 5.43 Å². The van der Waals surface area contributed by atoms with Crippen LogP contribution >= 0.6 is 0 Å². The summed E-state index contributed by atoms with van der Waals surface area (Å²) in [5, 5.41) is 0.691. The highest BCUT2D eigenvalue weighted by Gasteiger charge is 2.18. The van der Waals surface area contributed by atoms with E-state index >= 15 is 0 Å². The lowest BCUT2D eigenvalue weighted by molar-refractivity contribution is 0.337. The molecule has 0 spiro atoms. The van der Waals surface area contributed by atoms with Crippen molar-refractivity contribution < 1.29 is 4.74 Å². The predicted molar refractivity (Wildman–Crippen MR) is 165 cm³/mol. The smallest absolute Gasteiger partial charge is 0.231 e. The molecule has 0 unspecified atom stereocenters. The van der Waals surface area contributed by atoms with Crippen molar-refractivity contribution in [2.24, 2.45) is 0 Å². The van der Waals surface area contributed by atoms with E-state index in [1.54, 1.807) is 0 Å². The van der Waals surface area contributed by atoms with Crippen LogP contribution in [0.5, 0.6) is 5.75 Å². The van der Waals surface area contributed by atoms with Crippen LogP contribution in [0.3, 0.4) is 0 Å². The maximum Gasteiger partial charge on any atom is 0.231 e. The molecule has 3 nitrogen and oxygen atoms in total. The number of pyridine rings is 1. The average molecular weight is 516 g/mol. The molecule has 1 aromatic heterocycles. The fourth-order valence-electron chi connectivity index (χ4n) is 5.27. The highest BCUT2D eigenvalue weighted by molar-refractivity contribution is 5.88. The third-order valence-corrected chi connectivity index (χ3v) is 7.39. The molecule has 3 rings (SSSR count). The fraction of sp³-hybridized carbons (Fsp3) is 0.514. The van der Waals surface area contributed by atoms with Crippen LogP contribution < -0.4 is 10.2 Å². The molecule has 0 N–H and O–H groups in total. The van der Waals surface area contributed by atoms with Gasteiger partial charge in [-0.2, -0.15) is 0 Å². The number of hydrogen-bond donors (Lipinski definition) is 0. The Morgan fingerprint density at radius 2 is 1.24 bits per heavy atom. The maximum atomic E-state index is 13.3. The standard InChI is InChI=1S/C35H49NO2/c1-3-5-6-7-8-9-10-11-12-13-14-15-16-17-18-24-29-36-32-28-23-22-27-31(32)34(37)35(38-4-2)33(36)30-25-20-19-21-26-30/h19-29H,3-18H2,1-2H3. The van der Waals surface area contributed by atoms with Gasteiger partial charge in [-0.1, -0.05) is 139 Å². The van der Waals surface area contributed by atoms with Gasteiger partial charge in [-0.15, -0.1) is 0 Å². The van der Waals surface area contributed by atoms with Gasteiger partial charge in [0.1, 0.15) is 0 Å². The first kappa shape index (κ1) is 29.7. The summed E-state index contributed by atoms with van der Waals surface area (Å²) in [5.41, 5.74) is 2.68. The van der Waals surface area contributed by atoms with E-state index in [-0.39, 0.29) is 5.43 Å². The normalized spacial score (nSPS) is 11.5. The molecule has 0 bridgehead atoms. The number of fused-ring (bicyclic) bond motifs is 1. The van der Waals surface area contributed by atoms with Gasteiger partial charge >= 0.3 is 0 Å². The molecule has 0 amide bonds. The molecular weight excluding hydrogens is 466 g/mol. The van der Waals surface area contributed by atoms with Crippen molar-refractivity contribution in [3.63, 3.8) is 0 Å². The summed E-state index contributed by atoms with van der Waals surface area (Å²) in [4.78, 5) is 13.3. The van der Waals surface area contributed by atoms with E-state index in [0.29, 0.717) is 17.7 Å². The number of allylic oxidation sites excluding steroid dienone is 1. The fourth-order valence-corrected chi connectivity index (χ4v) is 5.27. The van der Waals surface area contributed by atoms with E-state index in [1.807, 2.05) is 61.5 Å². The number of unbranched alkanes of at least 4 members (excludes halogenated alkanes) is 14. The maximum absolute atomic E-state index is 13.3. The summed E-state index contributed by atoms with van der Waals surface area (Å²) < 4.78 is 8.08. The van der Waals surface area contributed by atoms with E-state index in [4.69, 9.17) is 4.74 Å². The van der Waals surface area contributed by atoms with Crippen molar-refractivity contribution >= 4 is 17.1 Å². The molecular formula is C35H49NO2. The molecule has 1 heterocycles. The van der Waals surface area contributed by atoms with Crippen LogP contribution in [-0.2, 0) is 0 Å². The number of ether oxygens (including phenoxy) is 1. The van der Waals surface area contributed by atoms with E-state index in [0.717, 1.165) is 23.2 Å². The zero-order valence-corrected chi connectivity index (χ0v) is 23.9. The number of benzene rings is 2. The van der Waals surface area contributed by atoms with Crippen LogP contribution in [0.4, 0.5) is 0 Å². The third kappa shape index (κ3) is 9.19. The van der Waals surface area contributed by atoms with Gasteiger partial charge in [0.05, 0.1) is 17.8 Å². The number of rotatable bonds is 19. The van der Waals surface area contributed by atoms with Crippen molar-refractivity contribution in [1.82, 2.24) is 4.57 Å². The van der Waals surface area contributed by atoms with E-state index in [1.165, 1.54) is 89.9 Å². The Kier molecular flexibility index (Phi) is 13.8. The zero-order valence-electron chi connectivity index (χ0n) is 23.9. The molecule has 0 radical (unpaired) electrons. The van der Waals surface area contributed by atoms with Gasteiger partial charge in [-0.3, -0.25) is 4.79 Å². The lowest BCUT2D eigenvalue weighted by atomic mass is 10.0. The van der Waals surface area contributed by atoms with E-state index in [9.17, 15) is 4.79 Å². The van der Waals surface area contributed by atoms with Crippen LogP contribution in [0, 0.1) is 0 Å². The van der Waals surface area contributed by atoms with Crippen LogP contribution in [0.25, 0.3) is 28.4 Å². The molecule has 0 aliphatic rings. The van der Waals surface area contributed by atoms with Gasteiger partial charge in [0.15, 0.2) is 5.75 Å². The van der Waals surface area contributed by atoms with E-state index < -0.39 is 0 Å². The zero-order chi connectivity index (χ0) is 26.8. The molecule has 3 heteroatoms. The number of para-hydroxylation sites is 1.